The fraction of sp³-hybridized carbons (Fsp3) is 0.538. The molecule has 1 saturated carbocycles. The van der Waals surface area contributed by atoms with Gasteiger partial charge in [0.05, 0.1) is 6.10 Å². The molecule has 1 fully saturated rings. The van der Waals surface area contributed by atoms with Crippen molar-refractivity contribution in [3.63, 3.8) is 0 Å². The second-order valence-corrected chi connectivity index (χ2v) is 4.81. The van der Waals surface area contributed by atoms with Crippen LogP contribution in [-0.4, -0.2) is 34.7 Å². The lowest BCUT2D eigenvalue weighted by Crippen LogP contribution is -2.36. The Morgan fingerprint density at radius 2 is 2.35 bits per heavy atom. The molecule has 0 saturated heterocycles. The monoisotopic (exact) mass is 231 g/mol. The molecule has 0 atom stereocenters. The molecule has 1 heterocycles. The Labute approximate surface area is 102 Å². The van der Waals surface area contributed by atoms with Crippen LogP contribution in [0.3, 0.4) is 0 Å². The molecule has 4 heteroatoms. The highest BCUT2D eigenvalue weighted by molar-refractivity contribution is 5.30. The van der Waals surface area contributed by atoms with E-state index < -0.39 is 0 Å². The van der Waals surface area contributed by atoms with Crippen molar-refractivity contribution in [2.45, 2.75) is 25.5 Å². The molecule has 1 aromatic heterocycles. The van der Waals surface area contributed by atoms with Gasteiger partial charge in [-0.05, 0) is 31.9 Å². The summed E-state index contributed by atoms with van der Waals surface area (Å²) in [6.45, 7) is 1.71. The molecule has 0 aliphatic heterocycles. The van der Waals surface area contributed by atoms with Crippen LogP contribution in [0.15, 0.2) is 18.3 Å². The third kappa shape index (κ3) is 3.02. The molecule has 0 radical (unpaired) electrons. The van der Waals surface area contributed by atoms with Gasteiger partial charge in [0.1, 0.15) is 11.8 Å². The first-order valence-electron chi connectivity index (χ1n) is 5.89. The van der Waals surface area contributed by atoms with Crippen LogP contribution in [0.5, 0.6) is 0 Å². The number of hydrogen-bond acceptors (Lipinski definition) is 4. The van der Waals surface area contributed by atoms with E-state index >= 15 is 0 Å². The summed E-state index contributed by atoms with van der Waals surface area (Å²) < 4.78 is 0. The van der Waals surface area contributed by atoms with Gasteiger partial charge in [-0.3, -0.25) is 0 Å². The maximum Gasteiger partial charge on any atom is 0.144 e. The lowest BCUT2D eigenvalue weighted by Gasteiger charge is -2.34. The third-order valence-corrected chi connectivity index (χ3v) is 3.22. The number of aromatic nitrogens is 1. The molecule has 1 aliphatic carbocycles. The molecule has 0 aromatic carbocycles. The summed E-state index contributed by atoms with van der Waals surface area (Å²) in [5.74, 6) is 0.595. The molecule has 17 heavy (non-hydrogen) atoms. The summed E-state index contributed by atoms with van der Waals surface area (Å²) in [5.41, 5.74) is 1.48. The quantitative estimate of drug-likeness (QED) is 0.844. The van der Waals surface area contributed by atoms with Gasteiger partial charge < -0.3 is 10.0 Å². The van der Waals surface area contributed by atoms with E-state index in [1.165, 1.54) is 0 Å². The zero-order valence-corrected chi connectivity index (χ0v) is 10.0. The lowest BCUT2D eigenvalue weighted by molar-refractivity contribution is 0.0273. The summed E-state index contributed by atoms with van der Waals surface area (Å²) in [5, 5.41) is 18.2. The smallest absolute Gasteiger partial charge is 0.144 e. The Morgan fingerprint density at radius 1 is 1.59 bits per heavy atom. The molecule has 0 spiro atoms. The predicted molar refractivity (Wildman–Crippen MR) is 64.0 cm³/mol. The van der Waals surface area contributed by atoms with E-state index in [1.54, 1.807) is 6.20 Å². The van der Waals surface area contributed by atoms with Gasteiger partial charge in [0, 0.05) is 24.8 Å². The second-order valence-electron chi connectivity index (χ2n) is 4.81. The predicted octanol–water partition coefficient (Wildman–Crippen LogP) is 1.16. The van der Waals surface area contributed by atoms with Crippen LogP contribution in [-0.2, 0) is 6.54 Å². The number of nitrogens with zero attached hydrogens (tertiary/aromatic N) is 3. The van der Waals surface area contributed by atoms with Gasteiger partial charge in [-0.2, -0.15) is 5.26 Å². The van der Waals surface area contributed by atoms with Gasteiger partial charge in [-0.1, -0.05) is 6.07 Å². The van der Waals surface area contributed by atoms with Crippen molar-refractivity contribution in [2.24, 2.45) is 5.92 Å². The van der Waals surface area contributed by atoms with Crippen molar-refractivity contribution in [3.05, 3.63) is 29.6 Å². The van der Waals surface area contributed by atoms with Crippen molar-refractivity contribution < 1.29 is 5.11 Å². The van der Waals surface area contributed by atoms with E-state index in [9.17, 15) is 5.11 Å². The van der Waals surface area contributed by atoms with Gasteiger partial charge in [0.15, 0.2) is 0 Å². The second kappa shape index (κ2) is 5.26. The SMILES string of the molecule is CN(Cc1cccnc1C#N)CC1CC(O)C1. The van der Waals surface area contributed by atoms with Crippen LogP contribution in [0.2, 0.25) is 0 Å². The minimum atomic E-state index is -0.0959. The fourth-order valence-electron chi connectivity index (χ4n) is 2.31. The van der Waals surface area contributed by atoms with Crippen LogP contribution in [0.1, 0.15) is 24.1 Å². The van der Waals surface area contributed by atoms with Gasteiger partial charge in [0.25, 0.3) is 0 Å². The normalized spacial score (nSPS) is 23.2. The van der Waals surface area contributed by atoms with Crippen LogP contribution < -0.4 is 0 Å². The van der Waals surface area contributed by atoms with Crippen LogP contribution in [0, 0.1) is 17.2 Å². The highest BCUT2D eigenvalue weighted by Gasteiger charge is 2.27. The molecule has 90 valence electrons. The molecule has 0 unspecified atom stereocenters. The van der Waals surface area contributed by atoms with Crippen LogP contribution in [0.4, 0.5) is 0 Å². The summed E-state index contributed by atoms with van der Waals surface area (Å²) in [7, 11) is 2.04. The first-order chi connectivity index (χ1) is 8.19. The molecule has 1 aliphatic rings. The number of hydrogen-bond donors (Lipinski definition) is 1. The molecule has 0 amide bonds. The topological polar surface area (TPSA) is 60.2 Å². The lowest BCUT2D eigenvalue weighted by atomic mass is 9.82. The largest absolute Gasteiger partial charge is 0.393 e. The molecular formula is C13H17N3O. The Kier molecular flexibility index (Phi) is 3.72. The van der Waals surface area contributed by atoms with Crippen molar-refractivity contribution in [3.8, 4) is 6.07 Å². The van der Waals surface area contributed by atoms with Gasteiger partial charge in [-0.25, -0.2) is 4.98 Å². The fourth-order valence-corrected chi connectivity index (χ4v) is 2.31. The molecule has 1 N–H and O–H groups in total. The third-order valence-electron chi connectivity index (χ3n) is 3.22. The zero-order valence-electron chi connectivity index (χ0n) is 10.0. The van der Waals surface area contributed by atoms with E-state index in [-0.39, 0.29) is 6.10 Å². The van der Waals surface area contributed by atoms with Crippen molar-refractivity contribution in [1.29, 1.82) is 5.26 Å². The zero-order chi connectivity index (χ0) is 12.3. The van der Waals surface area contributed by atoms with E-state index in [0.29, 0.717) is 11.6 Å². The van der Waals surface area contributed by atoms with Crippen LogP contribution >= 0.6 is 0 Å². The van der Waals surface area contributed by atoms with Gasteiger partial charge >= 0.3 is 0 Å². The van der Waals surface area contributed by atoms with Crippen molar-refractivity contribution in [2.75, 3.05) is 13.6 Å². The van der Waals surface area contributed by atoms with Gasteiger partial charge in [-0.15, -0.1) is 0 Å². The van der Waals surface area contributed by atoms with Crippen molar-refractivity contribution >= 4 is 0 Å². The molecular weight excluding hydrogens is 214 g/mol. The number of aliphatic hydroxyl groups is 1. The van der Waals surface area contributed by atoms with E-state index in [2.05, 4.69) is 16.0 Å². The number of rotatable bonds is 4. The first kappa shape index (κ1) is 12.0. The average Bonchev–Trinajstić information content (AvgIpc) is 2.27. The van der Waals surface area contributed by atoms with Crippen molar-refractivity contribution in [1.82, 2.24) is 9.88 Å². The highest BCUT2D eigenvalue weighted by Crippen LogP contribution is 2.27. The number of nitriles is 1. The molecule has 1 aromatic rings. The van der Waals surface area contributed by atoms with Crippen LogP contribution in [0.25, 0.3) is 0 Å². The van der Waals surface area contributed by atoms with E-state index in [0.717, 1.165) is 31.5 Å². The first-order valence-corrected chi connectivity index (χ1v) is 5.89. The Morgan fingerprint density at radius 3 is 3.00 bits per heavy atom. The number of aliphatic hydroxyl groups excluding tert-OH is 1. The summed E-state index contributed by atoms with van der Waals surface area (Å²) in [6.07, 6.45) is 3.36. The maximum atomic E-state index is 9.23. The standard InChI is InChI=1S/C13H17N3O/c1-16(8-10-5-12(17)6-10)9-11-3-2-4-15-13(11)7-14/h2-4,10,12,17H,5-6,8-9H2,1H3. The summed E-state index contributed by atoms with van der Waals surface area (Å²) in [6, 6.07) is 5.91. The maximum absolute atomic E-state index is 9.23. The van der Waals surface area contributed by atoms with Gasteiger partial charge in [0.2, 0.25) is 0 Å². The molecule has 4 nitrogen and oxygen atoms in total. The van der Waals surface area contributed by atoms with E-state index in [1.807, 2.05) is 19.2 Å². The average molecular weight is 231 g/mol. The Hall–Kier alpha value is -1.44. The molecule has 2 rings (SSSR count). The minimum absolute atomic E-state index is 0.0959. The highest BCUT2D eigenvalue weighted by atomic mass is 16.3. The van der Waals surface area contributed by atoms with E-state index in [4.69, 9.17) is 5.26 Å². The Bertz CT molecular complexity index is 421. The minimum Gasteiger partial charge on any atom is -0.393 e. The summed E-state index contributed by atoms with van der Waals surface area (Å²) in [4.78, 5) is 6.24. The number of pyridine rings is 1. The molecule has 0 bridgehead atoms. The summed E-state index contributed by atoms with van der Waals surface area (Å²) >= 11 is 0. The Balaban J connectivity index is 1.89.